The fourth-order valence-corrected chi connectivity index (χ4v) is 2.83. The second-order valence-corrected chi connectivity index (χ2v) is 5.90. The van der Waals surface area contributed by atoms with E-state index in [4.69, 9.17) is 4.74 Å². The van der Waals surface area contributed by atoms with Crippen LogP contribution in [0.25, 0.3) is 11.3 Å². The van der Waals surface area contributed by atoms with Crippen LogP contribution in [0, 0.1) is 6.92 Å². The Morgan fingerprint density at radius 2 is 2.04 bits per heavy atom. The molecule has 0 aliphatic carbocycles. The lowest BCUT2D eigenvalue weighted by atomic mass is 10.1. The number of amides is 1. The van der Waals surface area contributed by atoms with E-state index in [-0.39, 0.29) is 5.91 Å². The Morgan fingerprint density at radius 1 is 1.32 bits per heavy atom. The molecular weight excluding hydrogens is 318 g/mol. The molecule has 2 heterocycles. The quantitative estimate of drug-likeness (QED) is 0.774. The van der Waals surface area contributed by atoms with E-state index in [2.05, 4.69) is 15.3 Å². The zero-order valence-corrected chi connectivity index (χ0v) is 14.8. The molecule has 0 bridgehead atoms. The molecule has 0 saturated carbocycles. The van der Waals surface area contributed by atoms with E-state index >= 15 is 0 Å². The Kier molecular flexibility index (Phi) is 4.56. The molecule has 3 aromatic rings. The number of hydrogen-bond donors (Lipinski definition) is 1. The third kappa shape index (κ3) is 3.26. The van der Waals surface area contributed by atoms with Crippen LogP contribution < -0.4 is 4.74 Å². The Bertz CT molecular complexity index is 882. The first-order valence-electron chi connectivity index (χ1n) is 7.94. The standard InChI is InChI=1S/C18H21N5O2/c1-12-16(18(25-4)23(3)21-12)17(24)22(2)11-14-10-15(20-19-14)13-8-6-5-7-9-13/h5-10H,11H2,1-4H3,(H,19,20). The summed E-state index contributed by atoms with van der Waals surface area (Å²) in [6.45, 7) is 2.21. The molecule has 0 saturated heterocycles. The van der Waals surface area contributed by atoms with Crippen molar-refractivity contribution >= 4 is 5.91 Å². The molecule has 7 nitrogen and oxygen atoms in total. The van der Waals surface area contributed by atoms with Crippen LogP contribution in [0.5, 0.6) is 5.88 Å². The van der Waals surface area contributed by atoms with Crippen LogP contribution in [-0.4, -0.2) is 44.9 Å². The second kappa shape index (κ2) is 6.80. The van der Waals surface area contributed by atoms with Crippen LogP contribution in [0.4, 0.5) is 0 Å². The van der Waals surface area contributed by atoms with Crippen molar-refractivity contribution in [3.63, 3.8) is 0 Å². The number of nitrogens with zero attached hydrogens (tertiary/aromatic N) is 4. The van der Waals surface area contributed by atoms with Crippen LogP contribution in [-0.2, 0) is 13.6 Å². The average Bonchev–Trinajstić information content (AvgIpc) is 3.18. The smallest absolute Gasteiger partial charge is 0.261 e. The molecule has 0 radical (unpaired) electrons. The lowest BCUT2D eigenvalue weighted by Gasteiger charge is -2.16. The van der Waals surface area contributed by atoms with Gasteiger partial charge in [0.05, 0.1) is 30.7 Å². The minimum absolute atomic E-state index is 0.140. The van der Waals surface area contributed by atoms with Crippen LogP contribution in [0.1, 0.15) is 21.7 Å². The number of H-pyrrole nitrogens is 1. The van der Waals surface area contributed by atoms with Crippen molar-refractivity contribution in [2.24, 2.45) is 7.05 Å². The van der Waals surface area contributed by atoms with Crippen LogP contribution in [0.15, 0.2) is 36.4 Å². The first kappa shape index (κ1) is 16.8. The van der Waals surface area contributed by atoms with E-state index in [1.54, 1.807) is 30.6 Å². The first-order valence-corrected chi connectivity index (χ1v) is 7.94. The van der Waals surface area contributed by atoms with Crippen molar-refractivity contribution in [2.45, 2.75) is 13.5 Å². The van der Waals surface area contributed by atoms with Gasteiger partial charge in [0.25, 0.3) is 5.91 Å². The minimum Gasteiger partial charge on any atom is -0.481 e. The van der Waals surface area contributed by atoms with Crippen molar-refractivity contribution < 1.29 is 9.53 Å². The van der Waals surface area contributed by atoms with Gasteiger partial charge in [-0.3, -0.25) is 9.89 Å². The predicted octanol–water partition coefficient (Wildman–Crippen LogP) is 2.40. The van der Waals surface area contributed by atoms with Crippen molar-refractivity contribution in [3.05, 3.63) is 53.3 Å². The predicted molar refractivity (Wildman–Crippen MR) is 94.3 cm³/mol. The zero-order valence-electron chi connectivity index (χ0n) is 14.8. The number of carbonyl (C=O) groups is 1. The lowest BCUT2D eigenvalue weighted by molar-refractivity contribution is 0.0779. The monoisotopic (exact) mass is 339 g/mol. The molecule has 0 unspecified atom stereocenters. The summed E-state index contributed by atoms with van der Waals surface area (Å²) >= 11 is 0. The van der Waals surface area contributed by atoms with Crippen molar-refractivity contribution in [1.29, 1.82) is 0 Å². The van der Waals surface area contributed by atoms with Crippen molar-refractivity contribution in [3.8, 4) is 17.1 Å². The SMILES string of the molecule is COc1c(C(=O)N(C)Cc2cc(-c3ccccc3)n[nH]2)c(C)nn1C. The number of methoxy groups -OCH3 is 1. The molecule has 0 spiro atoms. The summed E-state index contributed by atoms with van der Waals surface area (Å²) in [5.74, 6) is 0.322. The molecule has 1 N–H and O–H groups in total. The zero-order chi connectivity index (χ0) is 18.0. The summed E-state index contributed by atoms with van der Waals surface area (Å²) in [6.07, 6.45) is 0. The van der Waals surface area contributed by atoms with Crippen molar-refractivity contribution in [2.75, 3.05) is 14.2 Å². The van der Waals surface area contributed by atoms with Gasteiger partial charge in [0.1, 0.15) is 5.56 Å². The molecule has 0 aliphatic heterocycles. The number of hydrogen-bond acceptors (Lipinski definition) is 4. The number of carbonyl (C=O) groups excluding carboxylic acids is 1. The van der Waals surface area contributed by atoms with Gasteiger partial charge in [0.15, 0.2) is 0 Å². The molecule has 25 heavy (non-hydrogen) atoms. The Balaban J connectivity index is 1.78. The van der Waals surface area contributed by atoms with E-state index in [0.29, 0.717) is 23.7 Å². The van der Waals surface area contributed by atoms with Gasteiger partial charge in [-0.05, 0) is 13.0 Å². The Morgan fingerprint density at radius 3 is 2.72 bits per heavy atom. The van der Waals surface area contributed by atoms with Gasteiger partial charge in [-0.2, -0.15) is 10.2 Å². The number of ether oxygens (including phenoxy) is 1. The molecule has 0 aliphatic rings. The summed E-state index contributed by atoms with van der Waals surface area (Å²) in [5, 5.41) is 11.6. The molecule has 3 rings (SSSR count). The van der Waals surface area contributed by atoms with Gasteiger partial charge in [-0.15, -0.1) is 0 Å². The Labute approximate surface area is 146 Å². The highest BCUT2D eigenvalue weighted by Crippen LogP contribution is 2.23. The topological polar surface area (TPSA) is 76.0 Å². The molecule has 0 fully saturated rings. The molecule has 0 atom stereocenters. The van der Waals surface area contributed by atoms with Crippen molar-refractivity contribution in [1.82, 2.24) is 24.9 Å². The highest BCUT2D eigenvalue weighted by molar-refractivity contribution is 5.97. The highest BCUT2D eigenvalue weighted by atomic mass is 16.5. The van der Waals surface area contributed by atoms with Gasteiger partial charge >= 0.3 is 0 Å². The van der Waals surface area contributed by atoms with Crippen LogP contribution >= 0.6 is 0 Å². The van der Waals surface area contributed by atoms with Crippen LogP contribution in [0.2, 0.25) is 0 Å². The van der Waals surface area contributed by atoms with Crippen LogP contribution in [0.3, 0.4) is 0 Å². The normalized spacial score (nSPS) is 10.7. The number of aromatic amines is 1. The van der Waals surface area contributed by atoms with Gasteiger partial charge in [0.2, 0.25) is 5.88 Å². The third-order valence-corrected chi connectivity index (χ3v) is 4.03. The van der Waals surface area contributed by atoms with E-state index in [9.17, 15) is 4.79 Å². The maximum atomic E-state index is 12.8. The lowest BCUT2D eigenvalue weighted by Crippen LogP contribution is -2.27. The number of benzene rings is 1. The van der Waals surface area contributed by atoms with E-state index in [1.165, 1.54) is 7.11 Å². The largest absolute Gasteiger partial charge is 0.481 e. The van der Waals surface area contributed by atoms with Gasteiger partial charge < -0.3 is 9.64 Å². The first-order chi connectivity index (χ1) is 12.0. The number of aryl methyl sites for hydroxylation is 2. The van der Waals surface area contributed by atoms with Gasteiger partial charge in [0, 0.05) is 19.7 Å². The number of aromatic nitrogens is 4. The Hall–Kier alpha value is -3.09. The van der Waals surface area contributed by atoms with Gasteiger partial charge in [-0.25, -0.2) is 4.68 Å². The fourth-order valence-electron chi connectivity index (χ4n) is 2.83. The van der Waals surface area contributed by atoms with Gasteiger partial charge in [-0.1, -0.05) is 30.3 Å². The summed E-state index contributed by atoms with van der Waals surface area (Å²) < 4.78 is 6.88. The molecule has 1 aromatic carbocycles. The fraction of sp³-hybridized carbons (Fsp3) is 0.278. The maximum absolute atomic E-state index is 12.8. The maximum Gasteiger partial charge on any atom is 0.261 e. The average molecular weight is 339 g/mol. The second-order valence-electron chi connectivity index (χ2n) is 5.90. The molecule has 7 heteroatoms. The number of nitrogens with one attached hydrogen (secondary N) is 1. The highest BCUT2D eigenvalue weighted by Gasteiger charge is 2.24. The van der Waals surface area contributed by atoms with E-state index in [1.807, 2.05) is 36.4 Å². The van der Waals surface area contributed by atoms with E-state index in [0.717, 1.165) is 17.0 Å². The summed E-state index contributed by atoms with van der Waals surface area (Å²) in [6, 6.07) is 11.9. The minimum atomic E-state index is -0.140. The molecule has 130 valence electrons. The molecule has 2 aromatic heterocycles. The molecular formula is C18H21N5O2. The summed E-state index contributed by atoms with van der Waals surface area (Å²) in [7, 11) is 5.04. The third-order valence-electron chi connectivity index (χ3n) is 4.03. The summed E-state index contributed by atoms with van der Waals surface area (Å²) in [4.78, 5) is 14.4. The summed E-state index contributed by atoms with van der Waals surface area (Å²) in [5.41, 5.74) is 3.87. The van der Waals surface area contributed by atoms with E-state index < -0.39 is 0 Å². The molecule has 1 amide bonds. The number of rotatable bonds is 5.